The van der Waals surface area contributed by atoms with Gasteiger partial charge in [-0.25, -0.2) is 4.98 Å². The van der Waals surface area contributed by atoms with Gasteiger partial charge >= 0.3 is 0 Å². The lowest BCUT2D eigenvalue weighted by Gasteiger charge is -2.04. The highest BCUT2D eigenvalue weighted by Crippen LogP contribution is 2.23. The Morgan fingerprint density at radius 1 is 1.29 bits per heavy atom. The summed E-state index contributed by atoms with van der Waals surface area (Å²) in [7, 11) is 0. The molecule has 2 aromatic rings. The van der Waals surface area contributed by atoms with Crippen LogP contribution in [0.1, 0.15) is 6.92 Å². The number of pyridine rings is 1. The van der Waals surface area contributed by atoms with E-state index in [4.69, 9.17) is 4.74 Å². The van der Waals surface area contributed by atoms with Crippen molar-refractivity contribution in [3.8, 4) is 5.88 Å². The largest absolute Gasteiger partial charge is 0.478 e. The number of halogens is 1. The molecule has 1 aromatic heterocycles. The Labute approximate surface area is 91.0 Å². The predicted octanol–water partition coefficient (Wildman–Crippen LogP) is 3.40. The van der Waals surface area contributed by atoms with Gasteiger partial charge in [0, 0.05) is 15.9 Å². The van der Waals surface area contributed by atoms with Crippen molar-refractivity contribution in [2.24, 2.45) is 0 Å². The van der Waals surface area contributed by atoms with Crippen molar-refractivity contribution in [2.75, 3.05) is 6.61 Å². The molecule has 0 bridgehead atoms. The summed E-state index contributed by atoms with van der Waals surface area (Å²) in [6, 6.07) is 9.90. The SMILES string of the molecule is CCOc1ccc2cccc(Br)c2n1. The Kier molecular flexibility index (Phi) is 2.68. The van der Waals surface area contributed by atoms with Gasteiger partial charge in [0.15, 0.2) is 0 Å². The average molecular weight is 252 g/mol. The average Bonchev–Trinajstić information content (AvgIpc) is 2.20. The number of aromatic nitrogens is 1. The molecule has 0 aliphatic rings. The van der Waals surface area contributed by atoms with Crippen LogP contribution >= 0.6 is 15.9 Å². The van der Waals surface area contributed by atoms with Gasteiger partial charge < -0.3 is 4.74 Å². The minimum absolute atomic E-state index is 0.642. The molecule has 0 saturated heterocycles. The van der Waals surface area contributed by atoms with Gasteiger partial charge in [0.1, 0.15) is 0 Å². The summed E-state index contributed by atoms with van der Waals surface area (Å²) in [5.74, 6) is 0.673. The van der Waals surface area contributed by atoms with Crippen molar-refractivity contribution in [1.82, 2.24) is 4.98 Å². The second-order valence-electron chi connectivity index (χ2n) is 2.89. The third-order valence-electron chi connectivity index (χ3n) is 1.94. The van der Waals surface area contributed by atoms with Crippen molar-refractivity contribution < 1.29 is 4.74 Å². The van der Waals surface area contributed by atoms with E-state index in [1.54, 1.807) is 0 Å². The minimum Gasteiger partial charge on any atom is -0.478 e. The molecule has 0 fully saturated rings. The molecule has 2 rings (SSSR count). The van der Waals surface area contributed by atoms with Gasteiger partial charge in [-0.05, 0) is 35.0 Å². The Bertz CT molecular complexity index is 456. The summed E-state index contributed by atoms with van der Waals surface area (Å²) in [5.41, 5.74) is 0.943. The molecular weight excluding hydrogens is 242 g/mol. The van der Waals surface area contributed by atoms with Crippen LogP contribution in [0.5, 0.6) is 5.88 Å². The Hall–Kier alpha value is -1.09. The fourth-order valence-electron chi connectivity index (χ4n) is 1.32. The first kappa shape index (κ1) is 9.46. The van der Waals surface area contributed by atoms with E-state index >= 15 is 0 Å². The van der Waals surface area contributed by atoms with Crippen molar-refractivity contribution in [3.63, 3.8) is 0 Å². The maximum atomic E-state index is 5.34. The zero-order valence-corrected chi connectivity index (χ0v) is 9.41. The van der Waals surface area contributed by atoms with Crippen molar-refractivity contribution >= 4 is 26.8 Å². The van der Waals surface area contributed by atoms with E-state index in [2.05, 4.69) is 20.9 Å². The summed E-state index contributed by atoms with van der Waals surface area (Å²) in [6.45, 7) is 2.59. The first-order valence-corrected chi connectivity index (χ1v) is 5.28. The fraction of sp³-hybridized carbons (Fsp3) is 0.182. The van der Waals surface area contributed by atoms with E-state index in [1.165, 1.54) is 0 Å². The molecular formula is C11H10BrNO. The highest BCUT2D eigenvalue weighted by molar-refractivity contribution is 9.10. The first-order chi connectivity index (χ1) is 6.81. The molecule has 0 spiro atoms. The lowest BCUT2D eigenvalue weighted by atomic mass is 10.2. The smallest absolute Gasteiger partial charge is 0.213 e. The monoisotopic (exact) mass is 251 g/mol. The van der Waals surface area contributed by atoms with Crippen molar-refractivity contribution in [2.45, 2.75) is 6.92 Å². The van der Waals surface area contributed by atoms with E-state index in [9.17, 15) is 0 Å². The zero-order chi connectivity index (χ0) is 9.97. The second-order valence-corrected chi connectivity index (χ2v) is 3.75. The number of fused-ring (bicyclic) bond motifs is 1. The van der Waals surface area contributed by atoms with Crippen LogP contribution in [0.25, 0.3) is 10.9 Å². The highest BCUT2D eigenvalue weighted by Gasteiger charge is 2.01. The van der Waals surface area contributed by atoms with Crippen LogP contribution in [0.2, 0.25) is 0 Å². The molecule has 0 N–H and O–H groups in total. The Morgan fingerprint density at radius 3 is 2.93 bits per heavy atom. The highest BCUT2D eigenvalue weighted by atomic mass is 79.9. The molecule has 0 aliphatic heterocycles. The Morgan fingerprint density at radius 2 is 2.14 bits per heavy atom. The van der Waals surface area contributed by atoms with Gasteiger partial charge in [0.2, 0.25) is 5.88 Å². The molecule has 0 amide bonds. The molecule has 0 atom stereocenters. The van der Waals surface area contributed by atoms with E-state index < -0.39 is 0 Å². The van der Waals surface area contributed by atoms with Gasteiger partial charge in [-0.2, -0.15) is 0 Å². The molecule has 72 valence electrons. The third-order valence-corrected chi connectivity index (χ3v) is 2.58. The lowest BCUT2D eigenvalue weighted by molar-refractivity contribution is 0.328. The number of ether oxygens (including phenoxy) is 1. The van der Waals surface area contributed by atoms with E-state index in [1.807, 2.05) is 37.3 Å². The normalized spacial score (nSPS) is 10.4. The molecule has 0 unspecified atom stereocenters. The maximum absolute atomic E-state index is 5.34. The molecule has 1 heterocycles. The molecule has 3 heteroatoms. The topological polar surface area (TPSA) is 22.1 Å². The van der Waals surface area contributed by atoms with Crippen LogP contribution in [0, 0.1) is 0 Å². The van der Waals surface area contributed by atoms with Crippen LogP contribution in [0.3, 0.4) is 0 Å². The number of hydrogen-bond donors (Lipinski definition) is 0. The molecule has 0 saturated carbocycles. The molecule has 0 radical (unpaired) electrons. The lowest BCUT2D eigenvalue weighted by Crippen LogP contribution is -1.94. The minimum atomic E-state index is 0.642. The summed E-state index contributed by atoms with van der Waals surface area (Å²) < 4.78 is 6.33. The van der Waals surface area contributed by atoms with Gasteiger partial charge in [-0.15, -0.1) is 0 Å². The van der Waals surface area contributed by atoms with Crippen molar-refractivity contribution in [1.29, 1.82) is 0 Å². The number of hydrogen-bond acceptors (Lipinski definition) is 2. The van der Waals surface area contributed by atoms with E-state index in [0.717, 1.165) is 15.4 Å². The van der Waals surface area contributed by atoms with E-state index in [0.29, 0.717) is 12.5 Å². The standard InChI is InChI=1S/C11H10BrNO/c1-2-14-10-7-6-8-4-3-5-9(12)11(8)13-10/h3-7H,2H2,1H3. The summed E-state index contributed by atoms with van der Waals surface area (Å²) in [6.07, 6.45) is 0. The molecule has 14 heavy (non-hydrogen) atoms. The first-order valence-electron chi connectivity index (χ1n) is 4.49. The Balaban J connectivity index is 2.58. The summed E-state index contributed by atoms with van der Waals surface area (Å²) in [5, 5.41) is 1.11. The molecule has 1 aromatic carbocycles. The summed E-state index contributed by atoms with van der Waals surface area (Å²) >= 11 is 3.46. The van der Waals surface area contributed by atoms with Gasteiger partial charge in [0.25, 0.3) is 0 Å². The van der Waals surface area contributed by atoms with Gasteiger partial charge in [0.05, 0.1) is 12.1 Å². The maximum Gasteiger partial charge on any atom is 0.213 e. The van der Waals surface area contributed by atoms with Crippen molar-refractivity contribution in [3.05, 3.63) is 34.8 Å². The van der Waals surface area contributed by atoms with Crippen LogP contribution in [-0.4, -0.2) is 11.6 Å². The number of para-hydroxylation sites is 1. The number of rotatable bonds is 2. The number of benzene rings is 1. The van der Waals surface area contributed by atoms with Crippen LogP contribution in [-0.2, 0) is 0 Å². The quantitative estimate of drug-likeness (QED) is 0.817. The van der Waals surface area contributed by atoms with Gasteiger partial charge in [-0.3, -0.25) is 0 Å². The number of nitrogens with zero attached hydrogens (tertiary/aromatic N) is 1. The third kappa shape index (κ3) is 1.73. The summed E-state index contributed by atoms with van der Waals surface area (Å²) in [4.78, 5) is 4.40. The molecule has 2 nitrogen and oxygen atoms in total. The van der Waals surface area contributed by atoms with Crippen LogP contribution in [0.4, 0.5) is 0 Å². The predicted molar refractivity (Wildman–Crippen MR) is 60.6 cm³/mol. The second kappa shape index (κ2) is 3.96. The van der Waals surface area contributed by atoms with Crippen LogP contribution in [0.15, 0.2) is 34.8 Å². The fourth-order valence-corrected chi connectivity index (χ4v) is 1.79. The zero-order valence-electron chi connectivity index (χ0n) is 7.83. The molecule has 0 aliphatic carbocycles. The van der Waals surface area contributed by atoms with Gasteiger partial charge in [-0.1, -0.05) is 12.1 Å². The van der Waals surface area contributed by atoms with Crippen LogP contribution < -0.4 is 4.74 Å². The van der Waals surface area contributed by atoms with E-state index in [-0.39, 0.29) is 0 Å².